The van der Waals surface area contributed by atoms with Gasteiger partial charge in [0.25, 0.3) is 0 Å². The van der Waals surface area contributed by atoms with Gasteiger partial charge in [-0.15, -0.1) is 0 Å². The second kappa shape index (κ2) is 6.73. The molecule has 0 aromatic heterocycles. The second-order valence-electron chi connectivity index (χ2n) is 5.86. The molecule has 0 saturated heterocycles. The minimum Gasteiger partial charge on any atom is -0.466 e. The molecule has 1 saturated carbocycles. The molecule has 1 aliphatic rings. The van der Waals surface area contributed by atoms with E-state index in [-0.39, 0.29) is 17.9 Å². The first kappa shape index (κ1) is 15.7. The third-order valence-corrected chi connectivity index (χ3v) is 2.98. The topological polar surface area (TPSA) is 52.6 Å². The molecule has 19 heavy (non-hydrogen) atoms. The Kier molecular flexibility index (Phi) is 5.58. The summed E-state index contributed by atoms with van der Waals surface area (Å²) in [6.07, 6.45) is 4.62. The number of esters is 2. The summed E-state index contributed by atoms with van der Waals surface area (Å²) in [7, 11) is 0. The molecule has 0 aromatic rings. The summed E-state index contributed by atoms with van der Waals surface area (Å²) in [6, 6.07) is 0. The van der Waals surface area contributed by atoms with E-state index in [9.17, 15) is 9.59 Å². The molecule has 0 heterocycles. The lowest BCUT2D eigenvalue weighted by atomic mass is 9.86. The van der Waals surface area contributed by atoms with Crippen LogP contribution in [0.15, 0.2) is 11.6 Å². The summed E-state index contributed by atoms with van der Waals surface area (Å²) >= 11 is 0. The maximum atomic E-state index is 11.7. The van der Waals surface area contributed by atoms with Crippen molar-refractivity contribution >= 4 is 11.9 Å². The van der Waals surface area contributed by atoms with Gasteiger partial charge in [-0.3, -0.25) is 4.79 Å². The molecule has 0 aromatic carbocycles. The van der Waals surface area contributed by atoms with Crippen LogP contribution in [0.2, 0.25) is 0 Å². The molecule has 0 radical (unpaired) electrons. The SMILES string of the molecule is CCOC(=O)C1CCC(=CC(=O)OC(C)(C)C)CC1. The standard InChI is InChI=1S/C15H24O4/c1-5-18-14(17)12-8-6-11(7-9-12)10-13(16)19-15(2,3)4/h10,12H,5-9H2,1-4H3. The van der Waals surface area contributed by atoms with E-state index < -0.39 is 5.60 Å². The van der Waals surface area contributed by atoms with Crippen LogP contribution in [0.25, 0.3) is 0 Å². The Labute approximate surface area is 115 Å². The molecule has 0 spiro atoms. The van der Waals surface area contributed by atoms with Crippen LogP contribution in [0, 0.1) is 5.92 Å². The highest BCUT2D eigenvalue weighted by Crippen LogP contribution is 2.29. The minimum atomic E-state index is -0.462. The van der Waals surface area contributed by atoms with Crippen LogP contribution in [0.4, 0.5) is 0 Å². The summed E-state index contributed by atoms with van der Waals surface area (Å²) in [5, 5.41) is 0. The molecular formula is C15H24O4. The van der Waals surface area contributed by atoms with Crippen LogP contribution >= 0.6 is 0 Å². The highest BCUT2D eigenvalue weighted by molar-refractivity contribution is 5.83. The zero-order valence-electron chi connectivity index (χ0n) is 12.3. The fraction of sp³-hybridized carbons (Fsp3) is 0.733. The maximum Gasteiger partial charge on any atom is 0.331 e. The Morgan fingerprint density at radius 3 is 2.32 bits per heavy atom. The lowest BCUT2D eigenvalue weighted by molar-refractivity contribution is -0.149. The molecule has 0 atom stereocenters. The summed E-state index contributed by atoms with van der Waals surface area (Å²) in [4.78, 5) is 23.2. The van der Waals surface area contributed by atoms with Crippen molar-refractivity contribution in [3.8, 4) is 0 Å². The smallest absolute Gasteiger partial charge is 0.331 e. The van der Waals surface area contributed by atoms with Crippen LogP contribution in [0.3, 0.4) is 0 Å². The van der Waals surface area contributed by atoms with E-state index in [1.165, 1.54) is 0 Å². The molecular weight excluding hydrogens is 244 g/mol. The van der Waals surface area contributed by atoms with E-state index in [1.54, 1.807) is 6.08 Å². The summed E-state index contributed by atoms with van der Waals surface area (Å²) < 4.78 is 10.3. The van der Waals surface area contributed by atoms with Gasteiger partial charge in [0, 0.05) is 6.08 Å². The minimum absolute atomic E-state index is 0.0178. The van der Waals surface area contributed by atoms with Crippen LogP contribution in [0.5, 0.6) is 0 Å². The van der Waals surface area contributed by atoms with Crippen LogP contribution in [-0.2, 0) is 19.1 Å². The Hall–Kier alpha value is -1.32. The predicted octanol–water partition coefficient (Wildman–Crippen LogP) is 3.01. The molecule has 0 amide bonds. The van der Waals surface area contributed by atoms with Gasteiger partial charge in [0.1, 0.15) is 5.60 Å². The first-order valence-corrected chi connectivity index (χ1v) is 6.91. The van der Waals surface area contributed by atoms with Crippen molar-refractivity contribution in [2.75, 3.05) is 6.61 Å². The van der Waals surface area contributed by atoms with Crippen molar-refractivity contribution in [2.45, 2.75) is 59.0 Å². The quantitative estimate of drug-likeness (QED) is 0.583. The van der Waals surface area contributed by atoms with Crippen molar-refractivity contribution < 1.29 is 19.1 Å². The van der Waals surface area contributed by atoms with E-state index in [2.05, 4.69) is 0 Å². The third-order valence-electron chi connectivity index (χ3n) is 2.98. The van der Waals surface area contributed by atoms with Crippen molar-refractivity contribution in [2.24, 2.45) is 5.92 Å². The molecule has 4 heteroatoms. The first-order valence-electron chi connectivity index (χ1n) is 6.91. The average Bonchev–Trinajstić information content (AvgIpc) is 2.27. The fourth-order valence-electron chi connectivity index (χ4n) is 2.13. The van der Waals surface area contributed by atoms with E-state index in [0.717, 1.165) is 31.3 Å². The van der Waals surface area contributed by atoms with Crippen molar-refractivity contribution in [1.82, 2.24) is 0 Å². The Morgan fingerprint density at radius 1 is 1.26 bits per heavy atom. The average molecular weight is 268 g/mol. The van der Waals surface area contributed by atoms with Gasteiger partial charge in [0.15, 0.2) is 0 Å². The van der Waals surface area contributed by atoms with Gasteiger partial charge in [-0.05, 0) is 53.4 Å². The normalized spacial score (nSPS) is 19.8. The second-order valence-corrected chi connectivity index (χ2v) is 5.86. The van der Waals surface area contributed by atoms with Crippen molar-refractivity contribution in [1.29, 1.82) is 0 Å². The van der Waals surface area contributed by atoms with E-state index >= 15 is 0 Å². The van der Waals surface area contributed by atoms with Crippen molar-refractivity contribution in [3.05, 3.63) is 11.6 Å². The van der Waals surface area contributed by atoms with E-state index in [0.29, 0.717) is 6.61 Å². The molecule has 108 valence electrons. The van der Waals surface area contributed by atoms with Gasteiger partial charge in [0.05, 0.1) is 12.5 Å². The van der Waals surface area contributed by atoms with E-state index in [1.807, 2.05) is 27.7 Å². The largest absolute Gasteiger partial charge is 0.466 e. The van der Waals surface area contributed by atoms with Gasteiger partial charge < -0.3 is 9.47 Å². The van der Waals surface area contributed by atoms with Gasteiger partial charge in [-0.25, -0.2) is 4.79 Å². The Balaban J connectivity index is 2.45. The number of rotatable bonds is 3. The molecule has 0 bridgehead atoms. The summed E-state index contributed by atoms with van der Waals surface area (Å²) in [6.45, 7) is 7.79. The summed E-state index contributed by atoms with van der Waals surface area (Å²) in [5.41, 5.74) is 0.603. The third kappa shape index (κ3) is 5.90. The number of allylic oxidation sites excluding steroid dienone is 1. The van der Waals surface area contributed by atoms with Gasteiger partial charge in [-0.2, -0.15) is 0 Å². The van der Waals surface area contributed by atoms with Crippen LogP contribution < -0.4 is 0 Å². The zero-order valence-corrected chi connectivity index (χ0v) is 12.3. The van der Waals surface area contributed by atoms with Crippen LogP contribution in [-0.4, -0.2) is 24.1 Å². The molecule has 1 rings (SSSR count). The summed E-state index contributed by atoms with van der Waals surface area (Å²) in [5.74, 6) is -0.424. The molecule has 0 N–H and O–H groups in total. The molecule has 0 aliphatic heterocycles. The van der Waals surface area contributed by atoms with Gasteiger partial charge in [-0.1, -0.05) is 5.57 Å². The molecule has 4 nitrogen and oxygen atoms in total. The van der Waals surface area contributed by atoms with Gasteiger partial charge in [0.2, 0.25) is 0 Å². The lowest BCUT2D eigenvalue weighted by Crippen LogP contribution is -2.24. The monoisotopic (exact) mass is 268 g/mol. The zero-order chi connectivity index (χ0) is 14.5. The number of hydrogen-bond acceptors (Lipinski definition) is 4. The van der Waals surface area contributed by atoms with Gasteiger partial charge >= 0.3 is 11.9 Å². The number of carbonyl (C=O) groups is 2. The maximum absolute atomic E-state index is 11.7. The first-order chi connectivity index (χ1) is 8.81. The number of carbonyl (C=O) groups excluding carboxylic acids is 2. The van der Waals surface area contributed by atoms with Crippen LogP contribution in [0.1, 0.15) is 53.4 Å². The Bertz CT molecular complexity index is 353. The number of hydrogen-bond donors (Lipinski definition) is 0. The van der Waals surface area contributed by atoms with E-state index in [4.69, 9.17) is 9.47 Å². The highest BCUT2D eigenvalue weighted by atomic mass is 16.6. The predicted molar refractivity (Wildman–Crippen MR) is 72.5 cm³/mol. The molecule has 0 unspecified atom stereocenters. The molecule has 1 aliphatic carbocycles. The fourth-order valence-corrected chi connectivity index (χ4v) is 2.13. The molecule has 1 fully saturated rings. The highest BCUT2D eigenvalue weighted by Gasteiger charge is 2.25. The van der Waals surface area contributed by atoms with Crippen molar-refractivity contribution in [3.63, 3.8) is 0 Å². The lowest BCUT2D eigenvalue weighted by Gasteiger charge is -2.23. The Morgan fingerprint density at radius 2 is 1.84 bits per heavy atom. The number of ether oxygens (including phenoxy) is 2.